The number of thiophene rings is 1. The highest BCUT2D eigenvalue weighted by atomic mass is 32.1. The van der Waals surface area contributed by atoms with Gasteiger partial charge in [-0.2, -0.15) is 0 Å². The number of hydrogen-bond donors (Lipinski definition) is 0. The lowest BCUT2D eigenvalue weighted by atomic mass is 9.98. The summed E-state index contributed by atoms with van der Waals surface area (Å²) in [5, 5.41) is 1.92. The minimum atomic E-state index is -0.516. The Kier molecular flexibility index (Phi) is 4.39. The van der Waals surface area contributed by atoms with E-state index in [-0.39, 0.29) is 5.78 Å². The van der Waals surface area contributed by atoms with Gasteiger partial charge in [0.25, 0.3) is 0 Å². The fraction of sp³-hybridized carbons (Fsp3) is 0.111. The molecule has 0 fully saturated rings. The van der Waals surface area contributed by atoms with Crippen molar-refractivity contribution in [3.63, 3.8) is 0 Å². The molecule has 0 bridgehead atoms. The van der Waals surface area contributed by atoms with Crippen LogP contribution in [0.2, 0.25) is 0 Å². The number of hydrogen-bond acceptors (Lipinski definition) is 4. The normalized spacial score (nSPS) is 16.8. The third kappa shape index (κ3) is 3.24. The van der Waals surface area contributed by atoms with Crippen LogP contribution < -0.4 is 4.74 Å². The van der Waals surface area contributed by atoms with Gasteiger partial charge in [0.05, 0.1) is 0 Å². The third-order valence-electron chi connectivity index (χ3n) is 3.47. The lowest BCUT2D eigenvalue weighted by Gasteiger charge is -2.30. The van der Waals surface area contributed by atoms with Crippen LogP contribution in [0.15, 0.2) is 71.8 Å². The number of nitrogens with zero attached hydrogens (tertiary/aromatic N) is 1. The zero-order valence-electron chi connectivity index (χ0n) is 12.5. The van der Waals surface area contributed by atoms with Gasteiger partial charge in [0.15, 0.2) is 5.78 Å². The standard InChI is InChI=1S/C18H15NO3S/c1-13(20)15-9-5-11-19(17(15)16-10-6-12-23-16)18(21)22-14-7-3-2-4-8-14/h2-12,17H,1H3. The van der Waals surface area contributed by atoms with E-state index in [4.69, 9.17) is 4.74 Å². The molecular formula is C18H15NO3S. The van der Waals surface area contributed by atoms with Crippen LogP contribution >= 0.6 is 11.3 Å². The molecule has 1 aromatic heterocycles. The van der Waals surface area contributed by atoms with E-state index in [0.717, 1.165) is 4.88 Å². The van der Waals surface area contributed by atoms with E-state index in [1.165, 1.54) is 23.2 Å². The number of carbonyl (C=O) groups excluding carboxylic acids is 2. The second-order valence-corrected chi connectivity index (χ2v) is 6.01. The van der Waals surface area contributed by atoms with Crippen LogP contribution in [-0.2, 0) is 4.79 Å². The topological polar surface area (TPSA) is 46.6 Å². The summed E-state index contributed by atoms with van der Waals surface area (Å²) in [5.41, 5.74) is 0.569. The number of allylic oxidation sites excluding steroid dienone is 2. The second-order valence-electron chi connectivity index (χ2n) is 5.03. The summed E-state index contributed by atoms with van der Waals surface area (Å²) in [6, 6.07) is 12.2. The van der Waals surface area contributed by atoms with Crippen LogP contribution in [0, 0.1) is 0 Å². The molecule has 116 valence electrons. The molecule has 1 aromatic carbocycles. The zero-order chi connectivity index (χ0) is 16.2. The highest BCUT2D eigenvalue weighted by Gasteiger charge is 2.32. The van der Waals surface area contributed by atoms with E-state index in [9.17, 15) is 9.59 Å². The zero-order valence-corrected chi connectivity index (χ0v) is 13.3. The first-order chi connectivity index (χ1) is 11.2. The van der Waals surface area contributed by atoms with Gasteiger partial charge in [-0.15, -0.1) is 11.3 Å². The predicted octanol–water partition coefficient (Wildman–Crippen LogP) is 4.33. The maximum absolute atomic E-state index is 12.6. The van der Waals surface area contributed by atoms with Crippen molar-refractivity contribution in [2.24, 2.45) is 0 Å². The van der Waals surface area contributed by atoms with Crippen molar-refractivity contribution in [1.29, 1.82) is 0 Å². The molecule has 0 aliphatic carbocycles. The summed E-state index contributed by atoms with van der Waals surface area (Å²) in [7, 11) is 0. The summed E-state index contributed by atoms with van der Waals surface area (Å²) < 4.78 is 5.41. The third-order valence-corrected chi connectivity index (χ3v) is 4.40. The van der Waals surface area contributed by atoms with Gasteiger partial charge in [-0.25, -0.2) is 4.79 Å². The van der Waals surface area contributed by atoms with Gasteiger partial charge < -0.3 is 4.74 Å². The van der Waals surface area contributed by atoms with E-state index in [1.807, 2.05) is 23.6 Å². The monoisotopic (exact) mass is 325 g/mol. The summed E-state index contributed by atoms with van der Waals surface area (Å²) in [6.07, 6.45) is 4.56. The molecule has 0 saturated heterocycles. The van der Waals surface area contributed by atoms with Crippen molar-refractivity contribution in [2.45, 2.75) is 13.0 Å². The van der Waals surface area contributed by atoms with Gasteiger partial charge in [0, 0.05) is 16.7 Å². The molecule has 23 heavy (non-hydrogen) atoms. The minimum Gasteiger partial charge on any atom is -0.410 e. The maximum atomic E-state index is 12.6. The average Bonchev–Trinajstić information content (AvgIpc) is 3.09. The van der Waals surface area contributed by atoms with Crippen molar-refractivity contribution < 1.29 is 14.3 Å². The Hall–Kier alpha value is -2.66. The molecule has 0 radical (unpaired) electrons. The molecular weight excluding hydrogens is 310 g/mol. The first-order valence-corrected chi connectivity index (χ1v) is 8.02. The van der Waals surface area contributed by atoms with E-state index < -0.39 is 12.1 Å². The molecule has 1 atom stereocenters. The van der Waals surface area contributed by atoms with E-state index in [2.05, 4.69) is 0 Å². The van der Waals surface area contributed by atoms with Crippen LogP contribution in [-0.4, -0.2) is 16.8 Å². The molecule has 5 heteroatoms. The van der Waals surface area contributed by atoms with E-state index in [0.29, 0.717) is 11.3 Å². The van der Waals surface area contributed by atoms with Gasteiger partial charge in [-0.3, -0.25) is 9.69 Å². The first kappa shape index (κ1) is 15.2. The van der Waals surface area contributed by atoms with Crippen molar-refractivity contribution in [2.75, 3.05) is 0 Å². The molecule has 3 rings (SSSR count). The number of amides is 1. The number of carbonyl (C=O) groups is 2. The number of Topliss-reactive ketones (excluding diaryl/α,β-unsaturated/α-hetero) is 1. The Morgan fingerprint density at radius 1 is 1.13 bits per heavy atom. The summed E-state index contributed by atoms with van der Waals surface area (Å²) >= 11 is 1.50. The molecule has 0 N–H and O–H groups in total. The Morgan fingerprint density at radius 2 is 1.91 bits per heavy atom. The van der Waals surface area contributed by atoms with Crippen LogP contribution in [0.3, 0.4) is 0 Å². The van der Waals surface area contributed by atoms with Crippen LogP contribution in [0.1, 0.15) is 17.8 Å². The lowest BCUT2D eigenvalue weighted by molar-refractivity contribution is -0.114. The Labute approximate surface area is 138 Å². The van der Waals surface area contributed by atoms with Gasteiger partial charge in [0.2, 0.25) is 0 Å². The smallest absolute Gasteiger partial charge is 0.410 e. The summed E-state index contributed by atoms with van der Waals surface area (Å²) in [6.45, 7) is 1.51. The fourth-order valence-corrected chi connectivity index (χ4v) is 3.26. The molecule has 2 heterocycles. The molecule has 2 aromatic rings. The lowest BCUT2D eigenvalue weighted by Crippen LogP contribution is -2.36. The number of ketones is 1. The Bertz CT molecular complexity index is 763. The number of ether oxygens (including phenoxy) is 1. The van der Waals surface area contributed by atoms with Crippen molar-refractivity contribution in [3.05, 3.63) is 76.6 Å². The van der Waals surface area contributed by atoms with Crippen molar-refractivity contribution in [1.82, 2.24) is 4.90 Å². The first-order valence-electron chi connectivity index (χ1n) is 7.15. The maximum Gasteiger partial charge on any atom is 0.420 e. The largest absolute Gasteiger partial charge is 0.420 e. The fourth-order valence-electron chi connectivity index (χ4n) is 2.42. The Morgan fingerprint density at radius 3 is 2.57 bits per heavy atom. The molecule has 1 aliphatic heterocycles. The van der Waals surface area contributed by atoms with Crippen LogP contribution in [0.25, 0.3) is 0 Å². The Balaban J connectivity index is 1.90. The highest BCUT2D eigenvalue weighted by molar-refractivity contribution is 7.10. The predicted molar refractivity (Wildman–Crippen MR) is 89.3 cm³/mol. The average molecular weight is 325 g/mol. The van der Waals surface area contributed by atoms with Crippen LogP contribution in [0.4, 0.5) is 4.79 Å². The summed E-state index contributed by atoms with van der Waals surface area (Å²) in [5.74, 6) is 0.403. The summed E-state index contributed by atoms with van der Waals surface area (Å²) in [4.78, 5) is 26.9. The van der Waals surface area contributed by atoms with Crippen LogP contribution in [0.5, 0.6) is 5.75 Å². The van der Waals surface area contributed by atoms with Gasteiger partial charge in [-0.1, -0.05) is 30.3 Å². The SMILES string of the molecule is CC(=O)C1=CC=CN(C(=O)Oc2ccccc2)C1c1cccs1. The highest BCUT2D eigenvalue weighted by Crippen LogP contribution is 2.35. The molecule has 1 amide bonds. The van der Waals surface area contributed by atoms with Gasteiger partial charge in [0.1, 0.15) is 11.8 Å². The number of benzene rings is 1. The molecule has 1 unspecified atom stereocenters. The van der Waals surface area contributed by atoms with Crippen molar-refractivity contribution >= 4 is 23.2 Å². The number of para-hydroxylation sites is 1. The van der Waals surface area contributed by atoms with Gasteiger partial charge >= 0.3 is 6.09 Å². The van der Waals surface area contributed by atoms with Crippen molar-refractivity contribution in [3.8, 4) is 5.75 Å². The van der Waals surface area contributed by atoms with Gasteiger partial charge in [-0.05, 0) is 36.6 Å². The van der Waals surface area contributed by atoms with E-state index in [1.54, 1.807) is 42.6 Å². The molecule has 1 aliphatic rings. The minimum absolute atomic E-state index is 0.0646. The molecule has 4 nitrogen and oxygen atoms in total. The van der Waals surface area contributed by atoms with E-state index >= 15 is 0 Å². The second kappa shape index (κ2) is 6.62. The quantitative estimate of drug-likeness (QED) is 0.843. The number of rotatable bonds is 3. The molecule has 0 spiro atoms. The molecule has 0 saturated carbocycles.